The zero-order valence-electron chi connectivity index (χ0n) is 17.1. The molecule has 4 aromatic rings. The zero-order chi connectivity index (χ0) is 21.7. The SMILES string of the molecule is CC(=O)O.CCc1cccc2c(-c3nc4ccncc4[nH]c3=O)cn(CCCN)c12. The molecule has 0 aliphatic carbocycles. The van der Waals surface area contributed by atoms with Crippen molar-refractivity contribution in [1.82, 2.24) is 19.5 Å². The number of nitrogens with zero attached hydrogens (tertiary/aromatic N) is 3. The summed E-state index contributed by atoms with van der Waals surface area (Å²) in [7, 11) is 0. The quantitative estimate of drug-likeness (QED) is 0.467. The average Bonchev–Trinajstić information content (AvgIpc) is 3.10. The van der Waals surface area contributed by atoms with Crippen molar-refractivity contribution in [3.63, 3.8) is 0 Å². The fraction of sp³-hybridized carbons (Fsp3) is 0.273. The van der Waals surface area contributed by atoms with E-state index in [4.69, 9.17) is 15.6 Å². The number of carboxylic acids is 1. The third-order valence-corrected chi connectivity index (χ3v) is 4.71. The number of aryl methyl sites for hydroxylation is 2. The van der Waals surface area contributed by atoms with Crippen LogP contribution in [-0.4, -0.2) is 37.1 Å². The molecule has 0 aliphatic heterocycles. The summed E-state index contributed by atoms with van der Waals surface area (Å²) in [5, 5.41) is 8.47. The Balaban J connectivity index is 0.000000589. The van der Waals surface area contributed by atoms with Gasteiger partial charge in [0.2, 0.25) is 0 Å². The number of hydrogen-bond acceptors (Lipinski definition) is 5. The van der Waals surface area contributed by atoms with Crippen LogP contribution in [0.15, 0.2) is 47.7 Å². The predicted octanol–water partition coefficient (Wildman–Crippen LogP) is 2.94. The molecule has 30 heavy (non-hydrogen) atoms. The van der Waals surface area contributed by atoms with Crippen molar-refractivity contribution in [2.45, 2.75) is 33.2 Å². The second kappa shape index (κ2) is 9.32. The van der Waals surface area contributed by atoms with Crippen molar-refractivity contribution < 1.29 is 9.90 Å². The Morgan fingerprint density at radius 1 is 1.30 bits per heavy atom. The topological polar surface area (TPSA) is 127 Å². The van der Waals surface area contributed by atoms with Crippen molar-refractivity contribution >= 4 is 27.9 Å². The number of nitrogens with two attached hydrogens (primary N) is 1. The van der Waals surface area contributed by atoms with Crippen LogP contribution in [0.1, 0.15) is 25.8 Å². The second-order valence-corrected chi connectivity index (χ2v) is 6.87. The summed E-state index contributed by atoms with van der Waals surface area (Å²) in [5.41, 5.74) is 10.6. The number of pyridine rings is 1. The highest BCUT2D eigenvalue weighted by Gasteiger charge is 2.17. The minimum atomic E-state index is -0.833. The van der Waals surface area contributed by atoms with Gasteiger partial charge in [-0.2, -0.15) is 0 Å². The molecule has 3 aromatic heterocycles. The molecule has 8 heteroatoms. The molecule has 156 valence electrons. The fourth-order valence-electron chi connectivity index (χ4n) is 3.47. The van der Waals surface area contributed by atoms with Gasteiger partial charge in [0.1, 0.15) is 5.69 Å². The number of carbonyl (C=O) groups is 1. The molecule has 0 saturated carbocycles. The largest absolute Gasteiger partial charge is 0.481 e. The van der Waals surface area contributed by atoms with Crippen molar-refractivity contribution in [2.24, 2.45) is 5.73 Å². The lowest BCUT2D eigenvalue weighted by Crippen LogP contribution is -2.11. The van der Waals surface area contributed by atoms with E-state index >= 15 is 0 Å². The van der Waals surface area contributed by atoms with Gasteiger partial charge in [0, 0.05) is 36.8 Å². The molecule has 0 spiro atoms. The minimum Gasteiger partial charge on any atom is -0.481 e. The average molecular weight is 407 g/mol. The Morgan fingerprint density at radius 3 is 2.77 bits per heavy atom. The van der Waals surface area contributed by atoms with Gasteiger partial charge < -0.3 is 20.4 Å². The highest BCUT2D eigenvalue weighted by Crippen LogP contribution is 2.31. The summed E-state index contributed by atoms with van der Waals surface area (Å²) in [5.74, 6) is -0.833. The molecule has 0 amide bonds. The van der Waals surface area contributed by atoms with E-state index in [0.717, 1.165) is 48.3 Å². The highest BCUT2D eigenvalue weighted by atomic mass is 16.4. The third-order valence-electron chi connectivity index (χ3n) is 4.71. The molecular formula is C22H25N5O3. The lowest BCUT2D eigenvalue weighted by molar-refractivity contribution is -0.134. The molecule has 0 radical (unpaired) electrons. The standard InChI is InChI=1S/C20H21N5O.C2H4O2/c1-2-13-5-3-6-14-15(12-25(19(13)14)10-4-8-21)18-20(26)24-17-11-22-9-7-16(17)23-18;1-2(3)4/h3,5-7,9,11-12H,2,4,8,10,21H2,1H3,(H,24,26);1H3,(H,3,4). The van der Waals surface area contributed by atoms with Crippen LogP contribution in [0, 0.1) is 0 Å². The monoisotopic (exact) mass is 407 g/mol. The van der Waals surface area contributed by atoms with E-state index in [1.807, 2.05) is 12.3 Å². The van der Waals surface area contributed by atoms with E-state index in [2.05, 4.69) is 38.6 Å². The van der Waals surface area contributed by atoms with E-state index in [0.29, 0.717) is 17.8 Å². The van der Waals surface area contributed by atoms with E-state index in [1.54, 1.807) is 18.5 Å². The molecule has 4 rings (SSSR count). The molecule has 0 fully saturated rings. The fourth-order valence-corrected chi connectivity index (χ4v) is 3.47. The summed E-state index contributed by atoms with van der Waals surface area (Å²) in [6.07, 6.45) is 7.14. The van der Waals surface area contributed by atoms with E-state index in [9.17, 15) is 4.79 Å². The number of fused-ring (bicyclic) bond motifs is 2. The van der Waals surface area contributed by atoms with Gasteiger partial charge >= 0.3 is 0 Å². The van der Waals surface area contributed by atoms with Crippen molar-refractivity contribution in [2.75, 3.05) is 6.54 Å². The van der Waals surface area contributed by atoms with Gasteiger partial charge in [-0.3, -0.25) is 14.6 Å². The Morgan fingerprint density at radius 2 is 2.07 bits per heavy atom. The number of H-pyrrole nitrogens is 1. The Bertz CT molecular complexity index is 1240. The number of aromatic nitrogens is 4. The highest BCUT2D eigenvalue weighted by molar-refractivity contribution is 5.97. The second-order valence-electron chi connectivity index (χ2n) is 6.87. The summed E-state index contributed by atoms with van der Waals surface area (Å²) >= 11 is 0. The van der Waals surface area contributed by atoms with Gasteiger partial charge in [-0.25, -0.2) is 4.98 Å². The smallest absolute Gasteiger partial charge is 0.300 e. The van der Waals surface area contributed by atoms with Crippen LogP contribution in [0.2, 0.25) is 0 Å². The van der Waals surface area contributed by atoms with Gasteiger partial charge in [0.15, 0.2) is 0 Å². The summed E-state index contributed by atoms with van der Waals surface area (Å²) in [6.45, 7) is 4.67. The van der Waals surface area contributed by atoms with Gasteiger partial charge in [-0.05, 0) is 31.0 Å². The van der Waals surface area contributed by atoms with E-state index in [-0.39, 0.29) is 5.56 Å². The first kappa shape index (κ1) is 21.2. The summed E-state index contributed by atoms with van der Waals surface area (Å²) < 4.78 is 2.20. The van der Waals surface area contributed by atoms with Crippen LogP contribution in [0.5, 0.6) is 0 Å². The molecule has 8 nitrogen and oxygen atoms in total. The molecule has 4 N–H and O–H groups in total. The van der Waals surface area contributed by atoms with Gasteiger partial charge in [-0.1, -0.05) is 25.1 Å². The number of carboxylic acid groups (broad SMARTS) is 1. The number of aliphatic carboxylic acids is 1. The first-order valence-corrected chi connectivity index (χ1v) is 9.81. The summed E-state index contributed by atoms with van der Waals surface area (Å²) in [6, 6.07) is 8.03. The third kappa shape index (κ3) is 4.38. The molecular weight excluding hydrogens is 382 g/mol. The first-order valence-electron chi connectivity index (χ1n) is 9.81. The number of aromatic amines is 1. The normalized spacial score (nSPS) is 10.8. The lowest BCUT2D eigenvalue weighted by atomic mass is 10.1. The maximum Gasteiger partial charge on any atom is 0.300 e. The van der Waals surface area contributed by atoms with Crippen LogP contribution < -0.4 is 11.3 Å². The van der Waals surface area contributed by atoms with Crippen LogP contribution >= 0.6 is 0 Å². The number of rotatable bonds is 5. The van der Waals surface area contributed by atoms with Crippen LogP contribution in [0.25, 0.3) is 33.2 Å². The van der Waals surface area contributed by atoms with Gasteiger partial charge in [-0.15, -0.1) is 0 Å². The van der Waals surface area contributed by atoms with Crippen molar-refractivity contribution in [3.8, 4) is 11.3 Å². The van der Waals surface area contributed by atoms with Crippen LogP contribution in [0.4, 0.5) is 0 Å². The first-order chi connectivity index (χ1) is 14.5. The molecule has 0 unspecified atom stereocenters. The zero-order valence-corrected chi connectivity index (χ0v) is 17.1. The Hall–Kier alpha value is -3.52. The maximum absolute atomic E-state index is 12.7. The number of nitrogens with one attached hydrogen (secondary N) is 1. The molecule has 0 saturated heterocycles. The molecule has 3 heterocycles. The molecule has 0 aliphatic rings. The Labute approximate surface area is 173 Å². The van der Waals surface area contributed by atoms with Crippen molar-refractivity contribution in [3.05, 3.63) is 58.8 Å². The van der Waals surface area contributed by atoms with E-state index in [1.165, 1.54) is 5.56 Å². The Kier molecular flexibility index (Phi) is 6.58. The molecule has 0 bridgehead atoms. The van der Waals surface area contributed by atoms with Crippen LogP contribution in [-0.2, 0) is 17.8 Å². The molecule has 0 atom stereocenters. The lowest BCUT2D eigenvalue weighted by Gasteiger charge is -2.07. The van der Waals surface area contributed by atoms with E-state index < -0.39 is 5.97 Å². The summed E-state index contributed by atoms with van der Waals surface area (Å²) in [4.78, 5) is 33.2. The predicted molar refractivity (Wildman–Crippen MR) is 117 cm³/mol. The number of para-hydroxylation sites is 1. The van der Waals surface area contributed by atoms with Gasteiger partial charge in [0.25, 0.3) is 11.5 Å². The maximum atomic E-state index is 12.7. The van der Waals surface area contributed by atoms with Crippen molar-refractivity contribution in [1.29, 1.82) is 0 Å². The van der Waals surface area contributed by atoms with Crippen LogP contribution in [0.3, 0.4) is 0 Å². The molecule has 1 aromatic carbocycles. The van der Waals surface area contributed by atoms with Gasteiger partial charge in [0.05, 0.1) is 22.7 Å². The number of hydrogen-bond donors (Lipinski definition) is 3. The minimum absolute atomic E-state index is 0.203. The number of benzene rings is 1.